The Morgan fingerprint density at radius 2 is 2.18 bits per heavy atom. The normalized spacial score (nSPS) is 14.9. The molecule has 3 heterocycles. The lowest BCUT2D eigenvalue weighted by Gasteiger charge is -2.26. The van der Waals surface area contributed by atoms with Gasteiger partial charge in [-0.25, -0.2) is 4.79 Å². The van der Waals surface area contributed by atoms with E-state index in [9.17, 15) is 4.79 Å². The molecule has 1 saturated heterocycles. The van der Waals surface area contributed by atoms with Gasteiger partial charge in [-0.05, 0) is 17.7 Å². The van der Waals surface area contributed by atoms with E-state index in [1.165, 1.54) is 0 Å². The monoisotopic (exact) mass is 301 g/mol. The number of pyridine rings is 1. The smallest absolute Gasteiger partial charge is 0.317 e. The maximum atomic E-state index is 12.1. The number of morpholine rings is 1. The van der Waals surface area contributed by atoms with Crippen molar-refractivity contribution in [2.75, 3.05) is 26.3 Å². The SMILES string of the molecule is Cn1nccc1-c1cncc(CNC(=O)N2CCOCC2)c1. The average molecular weight is 301 g/mol. The Kier molecular flexibility index (Phi) is 4.34. The number of hydrogen-bond acceptors (Lipinski definition) is 4. The number of hydrogen-bond donors (Lipinski definition) is 1. The number of aromatic nitrogens is 3. The first-order valence-electron chi connectivity index (χ1n) is 7.27. The van der Waals surface area contributed by atoms with Crippen molar-refractivity contribution < 1.29 is 9.53 Å². The Labute approximate surface area is 128 Å². The van der Waals surface area contributed by atoms with Crippen LogP contribution in [0.4, 0.5) is 4.79 Å². The fourth-order valence-electron chi connectivity index (χ4n) is 2.44. The lowest BCUT2D eigenvalue weighted by Crippen LogP contribution is -2.45. The third kappa shape index (κ3) is 3.25. The Morgan fingerprint density at radius 1 is 1.36 bits per heavy atom. The molecule has 0 unspecified atom stereocenters. The summed E-state index contributed by atoms with van der Waals surface area (Å²) >= 11 is 0. The van der Waals surface area contributed by atoms with Crippen molar-refractivity contribution in [2.45, 2.75) is 6.54 Å². The summed E-state index contributed by atoms with van der Waals surface area (Å²) in [6, 6.07) is 3.89. The molecule has 0 bridgehead atoms. The summed E-state index contributed by atoms with van der Waals surface area (Å²) in [6.07, 6.45) is 5.31. The minimum atomic E-state index is -0.0609. The molecule has 116 valence electrons. The summed E-state index contributed by atoms with van der Waals surface area (Å²) in [6.45, 7) is 2.93. The van der Waals surface area contributed by atoms with Crippen LogP contribution in [0, 0.1) is 0 Å². The molecular weight excluding hydrogens is 282 g/mol. The predicted molar refractivity (Wildman–Crippen MR) is 81.1 cm³/mol. The second-order valence-corrected chi connectivity index (χ2v) is 5.18. The van der Waals surface area contributed by atoms with E-state index in [0.717, 1.165) is 16.8 Å². The molecule has 0 radical (unpaired) electrons. The summed E-state index contributed by atoms with van der Waals surface area (Å²) < 4.78 is 7.04. The summed E-state index contributed by atoms with van der Waals surface area (Å²) in [5, 5.41) is 7.08. The molecule has 2 aromatic rings. The van der Waals surface area contributed by atoms with Gasteiger partial charge in [0.05, 0.1) is 18.9 Å². The third-order valence-electron chi connectivity index (χ3n) is 3.65. The fraction of sp³-hybridized carbons (Fsp3) is 0.400. The molecule has 0 spiro atoms. The van der Waals surface area contributed by atoms with Crippen molar-refractivity contribution in [3.05, 3.63) is 36.3 Å². The van der Waals surface area contributed by atoms with Gasteiger partial charge in [-0.3, -0.25) is 9.67 Å². The van der Waals surface area contributed by atoms with Crippen molar-refractivity contribution in [1.29, 1.82) is 0 Å². The Bertz CT molecular complexity index is 649. The van der Waals surface area contributed by atoms with E-state index in [0.29, 0.717) is 32.8 Å². The summed E-state index contributed by atoms with van der Waals surface area (Å²) in [7, 11) is 1.89. The molecule has 7 heteroatoms. The number of urea groups is 1. The number of nitrogens with one attached hydrogen (secondary N) is 1. The zero-order valence-electron chi connectivity index (χ0n) is 12.5. The molecule has 2 aromatic heterocycles. The molecule has 3 rings (SSSR count). The molecule has 0 aliphatic carbocycles. The highest BCUT2D eigenvalue weighted by atomic mass is 16.5. The van der Waals surface area contributed by atoms with Crippen LogP contribution in [0.2, 0.25) is 0 Å². The largest absolute Gasteiger partial charge is 0.378 e. The van der Waals surface area contributed by atoms with Crippen LogP contribution in [0.3, 0.4) is 0 Å². The number of carbonyl (C=O) groups is 1. The molecule has 0 atom stereocenters. The van der Waals surface area contributed by atoms with E-state index in [1.54, 1.807) is 28.2 Å². The second-order valence-electron chi connectivity index (χ2n) is 5.18. The number of amides is 2. The molecule has 1 aliphatic heterocycles. The van der Waals surface area contributed by atoms with Crippen molar-refractivity contribution in [3.63, 3.8) is 0 Å². The Balaban J connectivity index is 1.63. The Morgan fingerprint density at radius 3 is 2.91 bits per heavy atom. The second kappa shape index (κ2) is 6.57. The number of rotatable bonds is 3. The van der Waals surface area contributed by atoms with Crippen LogP contribution in [-0.4, -0.2) is 52.0 Å². The first kappa shape index (κ1) is 14.5. The van der Waals surface area contributed by atoms with E-state index >= 15 is 0 Å². The van der Waals surface area contributed by atoms with Gasteiger partial charge in [0.2, 0.25) is 0 Å². The van der Waals surface area contributed by atoms with Gasteiger partial charge in [-0.2, -0.15) is 5.10 Å². The topological polar surface area (TPSA) is 72.3 Å². The van der Waals surface area contributed by atoms with Gasteiger partial charge >= 0.3 is 6.03 Å². The molecule has 1 aliphatic rings. The average Bonchev–Trinajstić information content (AvgIpc) is 3.00. The fourth-order valence-corrected chi connectivity index (χ4v) is 2.44. The molecule has 7 nitrogen and oxygen atoms in total. The standard InChI is InChI=1S/C15H19N5O2/c1-19-14(2-3-18-19)13-8-12(9-16-11-13)10-17-15(21)20-4-6-22-7-5-20/h2-3,8-9,11H,4-7,10H2,1H3,(H,17,21). The quantitative estimate of drug-likeness (QED) is 0.919. The predicted octanol–water partition coefficient (Wildman–Crippen LogP) is 1.02. The van der Waals surface area contributed by atoms with Crippen LogP contribution < -0.4 is 5.32 Å². The van der Waals surface area contributed by atoms with Crippen molar-refractivity contribution >= 4 is 6.03 Å². The van der Waals surface area contributed by atoms with Crippen molar-refractivity contribution in [2.24, 2.45) is 7.05 Å². The van der Waals surface area contributed by atoms with Gasteiger partial charge in [-0.15, -0.1) is 0 Å². The van der Waals surface area contributed by atoms with Crippen LogP contribution in [0.25, 0.3) is 11.3 Å². The van der Waals surface area contributed by atoms with E-state index in [4.69, 9.17) is 4.74 Å². The zero-order chi connectivity index (χ0) is 15.4. The van der Waals surface area contributed by atoms with Crippen LogP contribution in [0.1, 0.15) is 5.56 Å². The lowest BCUT2D eigenvalue weighted by molar-refractivity contribution is 0.0531. The number of nitrogens with zero attached hydrogens (tertiary/aromatic N) is 4. The van der Waals surface area contributed by atoms with E-state index in [1.807, 2.05) is 19.2 Å². The number of ether oxygens (including phenoxy) is 1. The van der Waals surface area contributed by atoms with Crippen molar-refractivity contribution in [1.82, 2.24) is 25.0 Å². The van der Waals surface area contributed by atoms with E-state index in [-0.39, 0.29) is 6.03 Å². The zero-order valence-corrected chi connectivity index (χ0v) is 12.5. The maximum absolute atomic E-state index is 12.1. The summed E-state index contributed by atoms with van der Waals surface area (Å²) in [5.74, 6) is 0. The lowest BCUT2D eigenvalue weighted by atomic mass is 10.1. The van der Waals surface area contributed by atoms with Crippen LogP contribution in [0.5, 0.6) is 0 Å². The molecular formula is C15H19N5O2. The van der Waals surface area contributed by atoms with Gasteiger partial charge in [0.1, 0.15) is 0 Å². The highest BCUT2D eigenvalue weighted by Gasteiger charge is 2.16. The minimum absolute atomic E-state index is 0.0609. The maximum Gasteiger partial charge on any atom is 0.317 e. The summed E-state index contributed by atoms with van der Waals surface area (Å²) in [4.78, 5) is 18.1. The van der Waals surface area contributed by atoms with Gasteiger partial charge in [0.15, 0.2) is 0 Å². The van der Waals surface area contributed by atoms with Gasteiger partial charge in [0, 0.05) is 50.8 Å². The van der Waals surface area contributed by atoms with Gasteiger partial charge in [-0.1, -0.05) is 0 Å². The minimum Gasteiger partial charge on any atom is -0.378 e. The Hall–Kier alpha value is -2.41. The summed E-state index contributed by atoms with van der Waals surface area (Å²) in [5.41, 5.74) is 2.94. The molecule has 1 N–H and O–H groups in total. The molecule has 22 heavy (non-hydrogen) atoms. The van der Waals surface area contributed by atoms with Gasteiger partial charge < -0.3 is 15.0 Å². The van der Waals surface area contributed by atoms with Crippen molar-refractivity contribution in [3.8, 4) is 11.3 Å². The first-order valence-corrected chi connectivity index (χ1v) is 7.27. The first-order chi connectivity index (χ1) is 10.7. The van der Waals surface area contributed by atoms with Crippen LogP contribution in [-0.2, 0) is 18.3 Å². The van der Waals surface area contributed by atoms with Gasteiger partial charge in [0.25, 0.3) is 0 Å². The molecule has 0 saturated carbocycles. The molecule has 0 aromatic carbocycles. The van der Waals surface area contributed by atoms with Crippen LogP contribution >= 0.6 is 0 Å². The molecule has 2 amide bonds. The highest BCUT2D eigenvalue weighted by molar-refractivity contribution is 5.74. The molecule has 1 fully saturated rings. The van der Waals surface area contributed by atoms with Crippen LogP contribution in [0.15, 0.2) is 30.7 Å². The number of carbonyl (C=O) groups excluding carboxylic acids is 1. The van der Waals surface area contributed by atoms with E-state index in [2.05, 4.69) is 15.4 Å². The highest BCUT2D eigenvalue weighted by Crippen LogP contribution is 2.18. The number of aryl methyl sites for hydroxylation is 1. The van der Waals surface area contributed by atoms with E-state index < -0.39 is 0 Å². The third-order valence-corrected chi connectivity index (χ3v) is 3.65.